The molecule has 0 spiro atoms. The molecule has 0 aliphatic carbocycles. The zero-order valence-corrected chi connectivity index (χ0v) is 9.35. The fourth-order valence-electron chi connectivity index (χ4n) is 0.958. The van der Waals surface area contributed by atoms with Crippen molar-refractivity contribution in [2.45, 2.75) is 33.0 Å². The van der Waals surface area contributed by atoms with Crippen LogP contribution in [0.25, 0.3) is 0 Å². The van der Waals surface area contributed by atoms with Crippen LogP contribution in [0.2, 0.25) is 0 Å². The predicted octanol–water partition coefficient (Wildman–Crippen LogP) is 2.20. The number of aliphatic hydroxyl groups is 1. The number of thiophene rings is 1. The van der Waals surface area contributed by atoms with Crippen molar-refractivity contribution < 1.29 is 14.6 Å². The molecule has 4 heteroatoms. The van der Waals surface area contributed by atoms with Crippen molar-refractivity contribution in [2.24, 2.45) is 0 Å². The molecule has 0 saturated carbocycles. The summed E-state index contributed by atoms with van der Waals surface area (Å²) in [6, 6.07) is 0. The van der Waals surface area contributed by atoms with Crippen molar-refractivity contribution in [1.82, 2.24) is 0 Å². The second-order valence-electron chi connectivity index (χ2n) is 3.97. The van der Waals surface area contributed by atoms with Gasteiger partial charge in [-0.2, -0.15) is 11.3 Å². The van der Waals surface area contributed by atoms with Gasteiger partial charge in [0.25, 0.3) is 0 Å². The van der Waals surface area contributed by atoms with Gasteiger partial charge in [0.05, 0.1) is 12.2 Å². The van der Waals surface area contributed by atoms with Gasteiger partial charge in [0, 0.05) is 10.9 Å². The molecule has 1 N–H and O–H groups in total. The zero-order valence-electron chi connectivity index (χ0n) is 8.53. The molecule has 0 unspecified atom stereocenters. The Balaban J connectivity index is 2.80. The number of aliphatic hydroxyl groups excluding tert-OH is 1. The predicted molar refractivity (Wildman–Crippen MR) is 55.4 cm³/mol. The molecule has 0 amide bonds. The number of carbonyl (C=O) groups excluding carboxylic acids is 1. The largest absolute Gasteiger partial charge is 0.456 e. The lowest BCUT2D eigenvalue weighted by atomic mass is 10.1. The highest BCUT2D eigenvalue weighted by atomic mass is 32.1. The lowest BCUT2D eigenvalue weighted by Crippen LogP contribution is -2.24. The molecule has 1 rings (SSSR count). The summed E-state index contributed by atoms with van der Waals surface area (Å²) >= 11 is 1.38. The third-order valence-electron chi connectivity index (χ3n) is 1.53. The molecule has 1 aromatic heterocycles. The summed E-state index contributed by atoms with van der Waals surface area (Å²) in [5.41, 5.74) is 0.600. The quantitative estimate of drug-likeness (QED) is 0.768. The van der Waals surface area contributed by atoms with Crippen LogP contribution >= 0.6 is 11.3 Å². The van der Waals surface area contributed by atoms with E-state index in [-0.39, 0.29) is 12.6 Å². The van der Waals surface area contributed by atoms with E-state index < -0.39 is 5.60 Å². The van der Waals surface area contributed by atoms with E-state index >= 15 is 0 Å². The van der Waals surface area contributed by atoms with E-state index in [1.165, 1.54) is 11.3 Å². The molecule has 0 saturated heterocycles. The van der Waals surface area contributed by atoms with Crippen LogP contribution in [0.4, 0.5) is 0 Å². The molecule has 14 heavy (non-hydrogen) atoms. The summed E-state index contributed by atoms with van der Waals surface area (Å²) in [5.74, 6) is -0.372. The van der Waals surface area contributed by atoms with Crippen LogP contribution in [0, 0.1) is 0 Å². The minimum Gasteiger partial charge on any atom is -0.456 e. The molecule has 0 bridgehead atoms. The summed E-state index contributed by atoms with van der Waals surface area (Å²) in [7, 11) is 0. The molecule has 0 aromatic carbocycles. The Kier molecular flexibility index (Phi) is 3.29. The summed E-state index contributed by atoms with van der Waals surface area (Å²) in [5, 5.41) is 12.4. The highest BCUT2D eigenvalue weighted by Crippen LogP contribution is 2.19. The van der Waals surface area contributed by atoms with Gasteiger partial charge >= 0.3 is 5.97 Å². The van der Waals surface area contributed by atoms with Crippen molar-refractivity contribution >= 4 is 17.3 Å². The van der Waals surface area contributed by atoms with Crippen molar-refractivity contribution in [2.75, 3.05) is 0 Å². The first-order chi connectivity index (χ1) is 6.44. The van der Waals surface area contributed by atoms with Crippen LogP contribution in [0.3, 0.4) is 0 Å². The Morgan fingerprint density at radius 3 is 2.64 bits per heavy atom. The minimum absolute atomic E-state index is 0.127. The van der Waals surface area contributed by atoms with Crippen LogP contribution in [0.15, 0.2) is 10.8 Å². The summed E-state index contributed by atoms with van der Waals surface area (Å²) in [6.45, 7) is 5.32. The van der Waals surface area contributed by atoms with Crippen molar-refractivity contribution in [3.8, 4) is 0 Å². The smallest absolute Gasteiger partial charge is 0.339 e. The molecule has 0 radical (unpaired) electrons. The molecule has 0 atom stereocenters. The van der Waals surface area contributed by atoms with Crippen LogP contribution < -0.4 is 0 Å². The zero-order chi connectivity index (χ0) is 10.8. The van der Waals surface area contributed by atoms with E-state index in [2.05, 4.69) is 0 Å². The summed E-state index contributed by atoms with van der Waals surface area (Å²) in [6.07, 6.45) is 0. The van der Waals surface area contributed by atoms with E-state index in [1.54, 1.807) is 10.8 Å². The number of ether oxygens (including phenoxy) is 1. The molecule has 0 aliphatic heterocycles. The lowest BCUT2D eigenvalue weighted by molar-refractivity contribution is 0.00673. The number of hydrogen-bond acceptors (Lipinski definition) is 4. The second kappa shape index (κ2) is 4.11. The average Bonchev–Trinajstić information content (AvgIpc) is 2.47. The standard InChI is InChI=1S/C10H14O3S/c1-10(2,3)13-9(12)8-6-14-5-7(8)4-11/h5-6,11H,4H2,1-3H3. The maximum atomic E-state index is 11.6. The van der Waals surface area contributed by atoms with Gasteiger partial charge in [0.15, 0.2) is 0 Å². The van der Waals surface area contributed by atoms with Crippen LogP contribution in [-0.2, 0) is 11.3 Å². The molecule has 0 fully saturated rings. The number of rotatable bonds is 2. The van der Waals surface area contributed by atoms with Crippen molar-refractivity contribution in [3.63, 3.8) is 0 Å². The number of hydrogen-bond donors (Lipinski definition) is 1. The highest BCUT2D eigenvalue weighted by Gasteiger charge is 2.20. The highest BCUT2D eigenvalue weighted by molar-refractivity contribution is 7.08. The Morgan fingerprint density at radius 2 is 2.14 bits per heavy atom. The average molecular weight is 214 g/mol. The molecule has 1 aromatic rings. The van der Waals surface area contributed by atoms with Gasteiger partial charge in [0.1, 0.15) is 5.60 Å². The maximum absolute atomic E-state index is 11.6. The van der Waals surface area contributed by atoms with E-state index in [9.17, 15) is 4.79 Å². The van der Waals surface area contributed by atoms with Crippen molar-refractivity contribution in [3.05, 3.63) is 21.9 Å². The molecular formula is C10H14O3S. The summed E-state index contributed by atoms with van der Waals surface area (Å²) in [4.78, 5) is 11.6. The lowest BCUT2D eigenvalue weighted by Gasteiger charge is -2.19. The van der Waals surface area contributed by atoms with Gasteiger partial charge in [-0.25, -0.2) is 4.79 Å². The topological polar surface area (TPSA) is 46.5 Å². The number of carbonyl (C=O) groups is 1. The minimum atomic E-state index is -0.494. The Morgan fingerprint density at radius 1 is 1.50 bits per heavy atom. The first-order valence-electron chi connectivity index (χ1n) is 4.33. The van der Waals surface area contributed by atoms with Crippen LogP contribution in [0.1, 0.15) is 36.7 Å². The van der Waals surface area contributed by atoms with Crippen molar-refractivity contribution in [1.29, 1.82) is 0 Å². The first-order valence-corrected chi connectivity index (χ1v) is 5.27. The fraction of sp³-hybridized carbons (Fsp3) is 0.500. The van der Waals surface area contributed by atoms with Crippen LogP contribution in [-0.4, -0.2) is 16.7 Å². The molecule has 0 aliphatic rings. The molecule has 78 valence electrons. The van der Waals surface area contributed by atoms with Gasteiger partial charge in [-0.15, -0.1) is 0 Å². The Labute approximate surface area is 87.3 Å². The van der Waals surface area contributed by atoms with Crippen LogP contribution in [0.5, 0.6) is 0 Å². The third kappa shape index (κ3) is 2.82. The fourth-order valence-corrected chi connectivity index (χ4v) is 1.78. The third-order valence-corrected chi connectivity index (χ3v) is 2.32. The van der Waals surface area contributed by atoms with E-state index in [4.69, 9.17) is 9.84 Å². The number of esters is 1. The van der Waals surface area contributed by atoms with E-state index in [1.807, 2.05) is 20.8 Å². The van der Waals surface area contributed by atoms with Gasteiger partial charge < -0.3 is 9.84 Å². The second-order valence-corrected chi connectivity index (χ2v) is 4.71. The Hall–Kier alpha value is -0.870. The van der Waals surface area contributed by atoms with Gasteiger partial charge in [-0.3, -0.25) is 0 Å². The SMILES string of the molecule is CC(C)(C)OC(=O)c1cscc1CO. The van der Waals surface area contributed by atoms with Gasteiger partial charge in [0.2, 0.25) is 0 Å². The molecule has 3 nitrogen and oxygen atoms in total. The normalized spacial score (nSPS) is 11.4. The first kappa shape index (κ1) is 11.2. The van der Waals surface area contributed by atoms with Gasteiger partial charge in [-0.1, -0.05) is 0 Å². The van der Waals surface area contributed by atoms with E-state index in [0.29, 0.717) is 11.1 Å². The molecule has 1 heterocycles. The Bertz CT molecular complexity index is 322. The van der Waals surface area contributed by atoms with E-state index in [0.717, 1.165) is 0 Å². The van der Waals surface area contributed by atoms with Gasteiger partial charge in [-0.05, 0) is 26.2 Å². The monoisotopic (exact) mass is 214 g/mol. The molecular weight excluding hydrogens is 200 g/mol. The summed E-state index contributed by atoms with van der Waals surface area (Å²) < 4.78 is 5.18. The maximum Gasteiger partial charge on any atom is 0.339 e.